The number of hydrogen-bond acceptors (Lipinski definition) is 2. The van der Waals surface area contributed by atoms with E-state index < -0.39 is 0 Å². The van der Waals surface area contributed by atoms with E-state index in [1.807, 2.05) is 22.9 Å². The Morgan fingerprint density at radius 3 is 2.95 bits per heavy atom. The lowest BCUT2D eigenvalue weighted by Crippen LogP contribution is -2.10. The third-order valence-corrected chi connectivity index (χ3v) is 3.11. The number of unbranched alkanes of at least 4 members (excludes halogenated alkanes) is 1. The maximum absolute atomic E-state index is 13.5. The van der Waals surface area contributed by atoms with Crippen LogP contribution in [0, 0.1) is 5.82 Å². The number of nitrogens with one attached hydrogen (secondary N) is 1. The van der Waals surface area contributed by atoms with Gasteiger partial charge in [0.1, 0.15) is 5.82 Å². The summed E-state index contributed by atoms with van der Waals surface area (Å²) in [5.74, 6) is 0.730. The van der Waals surface area contributed by atoms with Crippen LogP contribution in [0.3, 0.4) is 0 Å². The summed E-state index contributed by atoms with van der Waals surface area (Å²) in [6.45, 7) is 3.81. The maximum atomic E-state index is 13.5. The predicted molar refractivity (Wildman–Crippen MR) is 75.7 cm³/mol. The Morgan fingerprint density at radius 1 is 1.32 bits per heavy atom. The van der Waals surface area contributed by atoms with Crippen molar-refractivity contribution in [1.29, 1.82) is 0 Å². The average Bonchev–Trinajstić information content (AvgIpc) is 2.86. The van der Waals surface area contributed by atoms with Crippen molar-refractivity contribution in [1.82, 2.24) is 9.55 Å². The minimum atomic E-state index is -0.136. The van der Waals surface area contributed by atoms with Crippen LogP contribution in [0.25, 0.3) is 0 Å². The molecule has 0 amide bonds. The van der Waals surface area contributed by atoms with Crippen molar-refractivity contribution in [3.63, 3.8) is 0 Å². The SMILES string of the molecule is CCCCNc1nccn1CCc1ccccc1F. The molecule has 0 aliphatic carbocycles. The second kappa shape index (κ2) is 6.92. The van der Waals surface area contributed by atoms with Gasteiger partial charge in [-0.25, -0.2) is 9.37 Å². The molecule has 1 aromatic heterocycles. The van der Waals surface area contributed by atoms with E-state index in [2.05, 4.69) is 17.2 Å². The molecule has 3 nitrogen and oxygen atoms in total. The molecule has 0 unspecified atom stereocenters. The molecule has 2 rings (SSSR count). The first-order chi connectivity index (χ1) is 9.31. The Hall–Kier alpha value is -1.84. The fourth-order valence-electron chi connectivity index (χ4n) is 1.98. The van der Waals surface area contributed by atoms with Gasteiger partial charge in [-0.1, -0.05) is 31.5 Å². The highest BCUT2D eigenvalue weighted by molar-refractivity contribution is 5.26. The first-order valence-electron chi connectivity index (χ1n) is 6.79. The Kier molecular flexibility index (Phi) is 4.95. The fraction of sp³-hybridized carbons (Fsp3) is 0.400. The van der Waals surface area contributed by atoms with Crippen LogP contribution >= 0.6 is 0 Å². The van der Waals surface area contributed by atoms with Crippen LogP contribution in [-0.2, 0) is 13.0 Å². The van der Waals surface area contributed by atoms with Gasteiger partial charge >= 0.3 is 0 Å². The second-order valence-electron chi connectivity index (χ2n) is 4.57. The molecule has 0 aliphatic heterocycles. The molecule has 2 aromatic rings. The molecule has 0 saturated heterocycles. The third kappa shape index (κ3) is 3.81. The van der Waals surface area contributed by atoms with Gasteiger partial charge in [0.2, 0.25) is 5.95 Å². The minimum Gasteiger partial charge on any atom is -0.356 e. The number of hydrogen-bond donors (Lipinski definition) is 1. The number of halogens is 1. The first-order valence-corrected chi connectivity index (χ1v) is 6.79. The topological polar surface area (TPSA) is 29.9 Å². The van der Waals surface area contributed by atoms with Crippen molar-refractivity contribution in [2.45, 2.75) is 32.7 Å². The lowest BCUT2D eigenvalue weighted by molar-refractivity contribution is 0.594. The summed E-state index contributed by atoms with van der Waals surface area (Å²) in [5, 5.41) is 3.30. The summed E-state index contributed by atoms with van der Waals surface area (Å²) >= 11 is 0. The van der Waals surface area contributed by atoms with E-state index >= 15 is 0 Å². The van der Waals surface area contributed by atoms with Gasteiger partial charge < -0.3 is 9.88 Å². The zero-order valence-corrected chi connectivity index (χ0v) is 11.3. The normalized spacial score (nSPS) is 10.6. The van der Waals surface area contributed by atoms with Gasteiger partial charge in [-0.15, -0.1) is 0 Å². The van der Waals surface area contributed by atoms with Crippen molar-refractivity contribution >= 4 is 5.95 Å². The molecule has 0 fully saturated rings. The van der Waals surface area contributed by atoms with E-state index in [0.717, 1.165) is 37.4 Å². The molecule has 0 saturated carbocycles. The number of imidazole rings is 1. The van der Waals surface area contributed by atoms with Crippen LogP contribution in [0.5, 0.6) is 0 Å². The Balaban J connectivity index is 1.93. The quantitative estimate of drug-likeness (QED) is 0.773. The zero-order valence-electron chi connectivity index (χ0n) is 11.3. The van der Waals surface area contributed by atoms with Crippen LogP contribution in [0.1, 0.15) is 25.3 Å². The summed E-state index contributed by atoms with van der Waals surface area (Å²) in [6, 6.07) is 6.92. The predicted octanol–water partition coefficient (Wildman–Crippen LogP) is 3.48. The first kappa shape index (κ1) is 13.6. The molecular formula is C15H20FN3. The molecule has 0 spiro atoms. The molecule has 0 bridgehead atoms. The summed E-state index contributed by atoms with van der Waals surface area (Å²) in [5.41, 5.74) is 0.746. The van der Waals surface area contributed by atoms with E-state index in [-0.39, 0.29) is 5.82 Å². The molecule has 1 aromatic carbocycles. The molecule has 4 heteroatoms. The monoisotopic (exact) mass is 261 g/mol. The minimum absolute atomic E-state index is 0.136. The molecule has 0 radical (unpaired) electrons. The van der Waals surface area contributed by atoms with Gasteiger partial charge in [0, 0.05) is 25.5 Å². The van der Waals surface area contributed by atoms with E-state index in [4.69, 9.17) is 0 Å². The number of benzene rings is 1. The number of anilines is 1. The van der Waals surface area contributed by atoms with Crippen molar-refractivity contribution < 1.29 is 4.39 Å². The van der Waals surface area contributed by atoms with Crippen LogP contribution < -0.4 is 5.32 Å². The molecular weight excluding hydrogens is 241 g/mol. The maximum Gasteiger partial charge on any atom is 0.202 e. The smallest absolute Gasteiger partial charge is 0.202 e. The van der Waals surface area contributed by atoms with Crippen molar-refractivity contribution in [2.75, 3.05) is 11.9 Å². The molecule has 102 valence electrons. The molecule has 1 N–H and O–H groups in total. The number of nitrogens with zero attached hydrogens (tertiary/aromatic N) is 2. The highest BCUT2D eigenvalue weighted by Crippen LogP contribution is 2.11. The van der Waals surface area contributed by atoms with Gasteiger partial charge in [-0.3, -0.25) is 0 Å². The summed E-state index contributed by atoms with van der Waals surface area (Å²) in [7, 11) is 0. The molecule has 0 atom stereocenters. The molecule has 0 aliphatic rings. The summed E-state index contributed by atoms with van der Waals surface area (Å²) in [4.78, 5) is 4.28. The number of rotatable bonds is 7. The Labute approximate surface area is 113 Å². The average molecular weight is 261 g/mol. The Morgan fingerprint density at radius 2 is 2.16 bits per heavy atom. The van der Waals surface area contributed by atoms with Crippen LogP contribution in [-0.4, -0.2) is 16.1 Å². The standard InChI is InChI=1S/C15H20FN3/c1-2-3-9-17-15-18-10-12-19(15)11-8-13-6-4-5-7-14(13)16/h4-7,10,12H,2-3,8-9,11H2,1H3,(H,17,18). The Bertz CT molecular complexity index is 508. The van der Waals surface area contributed by atoms with Gasteiger partial charge in [0.15, 0.2) is 0 Å². The van der Waals surface area contributed by atoms with E-state index in [1.54, 1.807) is 12.3 Å². The lowest BCUT2D eigenvalue weighted by Gasteiger charge is -2.09. The van der Waals surface area contributed by atoms with Crippen LogP contribution in [0.2, 0.25) is 0 Å². The number of aromatic nitrogens is 2. The van der Waals surface area contributed by atoms with Gasteiger partial charge in [0.25, 0.3) is 0 Å². The summed E-state index contributed by atoms with van der Waals surface area (Å²) in [6.07, 6.45) is 6.65. The highest BCUT2D eigenvalue weighted by Gasteiger charge is 2.04. The van der Waals surface area contributed by atoms with Crippen molar-refractivity contribution in [2.24, 2.45) is 0 Å². The van der Waals surface area contributed by atoms with Gasteiger partial charge in [-0.2, -0.15) is 0 Å². The summed E-state index contributed by atoms with van der Waals surface area (Å²) < 4.78 is 15.6. The third-order valence-electron chi connectivity index (χ3n) is 3.11. The van der Waals surface area contributed by atoms with E-state index in [9.17, 15) is 4.39 Å². The number of aryl methyl sites for hydroxylation is 2. The largest absolute Gasteiger partial charge is 0.356 e. The highest BCUT2D eigenvalue weighted by atomic mass is 19.1. The van der Waals surface area contributed by atoms with Crippen LogP contribution in [0.15, 0.2) is 36.7 Å². The second-order valence-corrected chi connectivity index (χ2v) is 4.57. The van der Waals surface area contributed by atoms with Crippen LogP contribution in [0.4, 0.5) is 10.3 Å². The molecule has 19 heavy (non-hydrogen) atoms. The van der Waals surface area contributed by atoms with Gasteiger partial charge in [-0.05, 0) is 24.5 Å². The lowest BCUT2D eigenvalue weighted by atomic mass is 10.1. The zero-order chi connectivity index (χ0) is 13.5. The molecule has 1 heterocycles. The van der Waals surface area contributed by atoms with E-state index in [0.29, 0.717) is 6.42 Å². The fourth-order valence-corrected chi connectivity index (χ4v) is 1.98. The van der Waals surface area contributed by atoms with Crippen molar-refractivity contribution in [3.8, 4) is 0 Å². The van der Waals surface area contributed by atoms with Crippen molar-refractivity contribution in [3.05, 3.63) is 48.0 Å². The van der Waals surface area contributed by atoms with Gasteiger partial charge in [0.05, 0.1) is 0 Å². The van der Waals surface area contributed by atoms with E-state index in [1.165, 1.54) is 6.07 Å².